The van der Waals surface area contributed by atoms with Gasteiger partial charge in [-0.25, -0.2) is 4.98 Å². The highest BCUT2D eigenvalue weighted by Gasteiger charge is 2.25. The summed E-state index contributed by atoms with van der Waals surface area (Å²) in [6.45, 7) is 6.40. The Labute approximate surface area is 168 Å². The van der Waals surface area contributed by atoms with Crippen molar-refractivity contribution in [2.45, 2.75) is 19.9 Å². The van der Waals surface area contributed by atoms with Crippen LogP contribution in [0.4, 0.5) is 5.82 Å². The Hall–Kier alpha value is -3.26. The second-order valence-electron chi connectivity index (χ2n) is 7.42. The Kier molecular flexibility index (Phi) is 4.28. The number of nitrogens with zero attached hydrogens (tertiary/aromatic N) is 6. The number of anilines is 1. The largest absolute Gasteiger partial charge is 0.377 e. The molecule has 8 heteroatoms. The molecular weight excluding hydrogens is 366 g/mol. The van der Waals surface area contributed by atoms with Gasteiger partial charge in [0.25, 0.3) is 0 Å². The van der Waals surface area contributed by atoms with E-state index in [0.29, 0.717) is 13.2 Å². The van der Waals surface area contributed by atoms with E-state index in [1.54, 1.807) is 6.20 Å². The summed E-state index contributed by atoms with van der Waals surface area (Å²) in [6, 6.07) is 8.41. The van der Waals surface area contributed by atoms with E-state index in [-0.39, 0.29) is 6.04 Å². The topological polar surface area (TPSA) is 84.8 Å². The van der Waals surface area contributed by atoms with Crippen molar-refractivity contribution in [3.8, 4) is 22.5 Å². The van der Waals surface area contributed by atoms with Crippen LogP contribution < -0.4 is 4.90 Å². The van der Waals surface area contributed by atoms with Crippen molar-refractivity contribution in [2.75, 3.05) is 24.7 Å². The number of hydrogen-bond donors (Lipinski definition) is 1. The number of aryl methyl sites for hydroxylation is 2. The predicted molar refractivity (Wildman–Crippen MR) is 112 cm³/mol. The number of fused-ring (bicyclic) bond motifs is 1. The van der Waals surface area contributed by atoms with Crippen LogP contribution >= 0.6 is 0 Å². The molecule has 5 heterocycles. The fraction of sp³-hybridized carbons (Fsp3) is 0.333. The molecule has 1 aliphatic rings. The Balaban J connectivity index is 1.81. The van der Waals surface area contributed by atoms with Gasteiger partial charge in [-0.2, -0.15) is 10.2 Å². The summed E-state index contributed by atoms with van der Waals surface area (Å²) in [7, 11) is 1.95. The minimum atomic E-state index is 0.254. The maximum Gasteiger partial charge on any atom is 0.136 e. The Bertz CT molecular complexity index is 1170. The molecule has 0 bridgehead atoms. The smallest absolute Gasteiger partial charge is 0.136 e. The van der Waals surface area contributed by atoms with Gasteiger partial charge in [0.1, 0.15) is 17.0 Å². The number of aromatic amines is 1. The van der Waals surface area contributed by atoms with Crippen molar-refractivity contribution < 1.29 is 4.74 Å². The molecule has 1 fully saturated rings. The van der Waals surface area contributed by atoms with Crippen molar-refractivity contribution >= 4 is 16.9 Å². The highest BCUT2D eigenvalue weighted by molar-refractivity contribution is 6.00. The summed E-state index contributed by atoms with van der Waals surface area (Å²) < 4.78 is 7.53. The third kappa shape index (κ3) is 2.96. The summed E-state index contributed by atoms with van der Waals surface area (Å²) in [5.74, 6) is 0.931. The molecule has 5 rings (SSSR count). The molecule has 0 radical (unpaired) electrons. The molecule has 1 saturated heterocycles. The second kappa shape index (κ2) is 6.97. The lowest BCUT2D eigenvalue weighted by Gasteiger charge is -2.34. The molecule has 0 aromatic carbocycles. The van der Waals surface area contributed by atoms with Crippen LogP contribution in [-0.4, -0.2) is 55.7 Å². The molecule has 0 saturated carbocycles. The average molecular weight is 389 g/mol. The number of nitrogens with one attached hydrogen (secondary N) is 1. The van der Waals surface area contributed by atoms with Crippen LogP contribution in [0.25, 0.3) is 33.5 Å². The van der Waals surface area contributed by atoms with Gasteiger partial charge < -0.3 is 9.64 Å². The number of rotatable bonds is 3. The first kappa shape index (κ1) is 17.8. The maximum atomic E-state index is 5.63. The van der Waals surface area contributed by atoms with E-state index in [2.05, 4.69) is 39.1 Å². The zero-order chi connectivity index (χ0) is 20.0. The normalized spacial score (nSPS) is 17.2. The van der Waals surface area contributed by atoms with Crippen LogP contribution in [0.2, 0.25) is 0 Å². The van der Waals surface area contributed by atoms with Gasteiger partial charge in [-0.15, -0.1) is 0 Å². The molecule has 8 nitrogen and oxygen atoms in total. The number of aromatic nitrogens is 6. The Morgan fingerprint density at radius 3 is 2.86 bits per heavy atom. The highest BCUT2D eigenvalue weighted by atomic mass is 16.5. The Morgan fingerprint density at radius 1 is 1.21 bits per heavy atom. The van der Waals surface area contributed by atoms with Crippen molar-refractivity contribution in [3.63, 3.8) is 0 Å². The molecule has 1 unspecified atom stereocenters. The zero-order valence-electron chi connectivity index (χ0n) is 16.8. The molecule has 1 N–H and O–H groups in total. The van der Waals surface area contributed by atoms with Crippen molar-refractivity contribution in [2.24, 2.45) is 7.05 Å². The first-order valence-corrected chi connectivity index (χ1v) is 9.77. The third-order valence-electron chi connectivity index (χ3n) is 5.49. The van der Waals surface area contributed by atoms with Gasteiger partial charge >= 0.3 is 0 Å². The lowest BCUT2D eigenvalue weighted by atomic mass is 10.0. The van der Waals surface area contributed by atoms with E-state index >= 15 is 0 Å². The van der Waals surface area contributed by atoms with E-state index in [4.69, 9.17) is 14.8 Å². The van der Waals surface area contributed by atoms with E-state index in [1.807, 2.05) is 37.0 Å². The number of ether oxygens (including phenoxy) is 1. The fourth-order valence-electron chi connectivity index (χ4n) is 4.02. The van der Waals surface area contributed by atoms with Crippen LogP contribution in [-0.2, 0) is 11.8 Å². The lowest BCUT2D eigenvalue weighted by Crippen LogP contribution is -2.44. The molecule has 1 atom stereocenters. The molecule has 1 aliphatic heterocycles. The van der Waals surface area contributed by atoms with E-state index in [1.165, 1.54) is 0 Å². The van der Waals surface area contributed by atoms with Gasteiger partial charge in [0, 0.05) is 42.8 Å². The van der Waals surface area contributed by atoms with Crippen LogP contribution in [0.3, 0.4) is 0 Å². The van der Waals surface area contributed by atoms with Gasteiger partial charge in [-0.3, -0.25) is 14.8 Å². The minimum Gasteiger partial charge on any atom is -0.377 e. The summed E-state index contributed by atoms with van der Waals surface area (Å²) in [4.78, 5) is 11.9. The van der Waals surface area contributed by atoms with E-state index in [9.17, 15) is 0 Å². The molecule has 0 aliphatic carbocycles. The van der Waals surface area contributed by atoms with Crippen LogP contribution in [0, 0.1) is 6.92 Å². The van der Waals surface area contributed by atoms with E-state index in [0.717, 1.165) is 51.6 Å². The van der Waals surface area contributed by atoms with Crippen LogP contribution in [0.1, 0.15) is 12.6 Å². The van der Waals surface area contributed by atoms with Crippen LogP contribution in [0.15, 0.2) is 36.7 Å². The molecule has 148 valence electrons. The quantitative estimate of drug-likeness (QED) is 0.580. The van der Waals surface area contributed by atoms with Crippen molar-refractivity contribution in [1.29, 1.82) is 0 Å². The molecule has 4 aromatic heterocycles. The SMILES string of the molecule is Cc1ncccc1-c1cc(N2CCOCC2C)nc2c(-c3ccn[nH]3)nn(C)c12. The molecule has 29 heavy (non-hydrogen) atoms. The lowest BCUT2D eigenvalue weighted by molar-refractivity contribution is 0.0986. The first-order chi connectivity index (χ1) is 14.1. The summed E-state index contributed by atoms with van der Waals surface area (Å²) in [5.41, 5.74) is 6.62. The molecule has 0 amide bonds. The maximum absolute atomic E-state index is 5.63. The highest BCUT2D eigenvalue weighted by Crippen LogP contribution is 2.36. The minimum absolute atomic E-state index is 0.254. The van der Waals surface area contributed by atoms with Crippen molar-refractivity contribution in [1.82, 2.24) is 29.9 Å². The number of pyridine rings is 2. The summed E-state index contributed by atoms with van der Waals surface area (Å²) in [6.07, 6.45) is 3.55. The predicted octanol–water partition coefficient (Wildman–Crippen LogP) is 2.95. The standard InChI is InChI=1S/C21H23N7O/c1-13-12-29-10-9-28(13)18-11-16(15-5-4-7-22-14(15)2)21-20(24-18)19(26-27(21)3)17-6-8-23-25-17/h4-8,11,13H,9-10,12H2,1-3H3,(H,23,25). The summed E-state index contributed by atoms with van der Waals surface area (Å²) in [5, 5.41) is 11.9. The average Bonchev–Trinajstić information content (AvgIpc) is 3.36. The zero-order valence-corrected chi connectivity index (χ0v) is 16.8. The van der Waals surface area contributed by atoms with Gasteiger partial charge in [0.05, 0.1) is 30.5 Å². The number of morpholine rings is 1. The van der Waals surface area contributed by atoms with Gasteiger partial charge in [0.2, 0.25) is 0 Å². The number of H-pyrrole nitrogens is 1. The fourth-order valence-corrected chi connectivity index (χ4v) is 4.02. The van der Waals surface area contributed by atoms with E-state index < -0.39 is 0 Å². The molecular formula is C21H23N7O. The second-order valence-corrected chi connectivity index (χ2v) is 7.42. The Morgan fingerprint density at radius 2 is 2.10 bits per heavy atom. The molecule has 0 spiro atoms. The molecule has 4 aromatic rings. The van der Waals surface area contributed by atoms with Crippen molar-refractivity contribution in [3.05, 3.63) is 42.4 Å². The monoisotopic (exact) mass is 389 g/mol. The first-order valence-electron chi connectivity index (χ1n) is 9.77. The third-order valence-corrected chi connectivity index (χ3v) is 5.49. The van der Waals surface area contributed by atoms with Crippen LogP contribution in [0.5, 0.6) is 0 Å². The van der Waals surface area contributed by atoms with Gasteiger partial charge in [0.15, 0.2) is 0 Å². The summed E-state index contributed by atoms with van der Waals surface area (Å²) >= 11 is 0. The number of hydrogen-bond acceptors (Lipinski definition) is 6. The van der Waals surface area contributed by atoms with Gasteiger partial charge in [-0.05, 0) is 32.0 Å². The van der Waals surface area contributed by atoms with Gasteiger partial charge in [-0.1, -0.05) is 6.07 Å².